The number of nitrogens with zero attached hydrogens (tertiary/aromatic N) is 1. The Kier molecular flexibility index (Phi) is 4.98. The van der Waals surface area contributed by atoms with Crippen molar-refractivity contribution in [3.05, 3.63) is 54.1 Å². The van der Waals surface area contributed by atoms with Crippen LogP contribution in [0.5, 0.6) is 11.5 Å². The standard InChI is InChI=1S/C17H17FN2O4S/c18-12-3-1-5-14(9-12)24-15-6-7-16(19-10-15)17(21)20-13-4-2-8-25(22,23)11-13/h1,3,5-7,9-10,13H,2,4,8,11H2,(H,20,21). The Morgan fingerprint density at radius 3 is 2.76 bits per heavy atom. The zero-order valence-corrected chi connectivity index (χ0v) is 14.1. The van der Waals surface area contributed by atoms with E-state index in [1.807, 2.05) is 0 Å². The van der Waals surface area contributed by atoms with Crippen LogP contribution in [-0.4, -0.2) is 36.9 Å². The minimum absolute atomic E-state index is 0.0422. The van der Waals surface area contributed by atoms with Crippen LogP contribution in [-0.2, 0) is 9.84 Å². The Balaban J connectivity index is 1.62. The molecule has 25 heavy (non-hydrogen) atoms. The third-order valence-corrected chi connectivity index (χ3v) is 5.62. The van der Waals surface area contributed by atoms with E-state index in [0.717, 1.165) is 0 Å². The van der Waals surface area contributed by atoms with Crippen LogP contribution < -0.4 is 10.1 Å². The van der Waals surface area contributed by atoms with Crippen molar-refractivity contribution in [1.29, 1.82) is 0 Å². The molecule has 6 nitrogen and oxygen atoms in total. The van der Waals surface area contributed by atoms with Crippen LogP contribution >= 0.6 is 0 Å². The Bertz CT molecular complexity index is 868. The average molecular weight is 364 g/mol. The molecule has 1 aliphatic rings. The van der Waals surface area contributed by atoms with Gasteiger partial charge in [0.25, 0.3) is 5.91 Å². The number of aromatic nitrogens is 1. The quantitative estimate of drug-likeness (QED) is 0.900. The zero-order valence-electron chi connectivity index (χ0n) is 13.3. The van der Waals surface area contributed by atoms with Crippen LogP contribution in [0.25, 0.3) is 0 Å². The van der Waals surface area contributed by atoms with Gasteiger partial charge in [0.15, 0.2) is 9.84 Å². The smallest absolute Gasteiger partial charge is 0.270 e. The highest BCUT2D eigenvalue weighted by Crippen LogP contribution is 2.21. The van der Waals surface area contributed by atoms with E-state index >= 15 is 0 Å². The summed E-state index contributed by atoms with van der Waals surface area (Å²) in [5, 5.41) is 2.70. The van der Waals surface area contributed by atoms with Gasteiger partial charge in [-0.25, -0.2) is 17.8 Å². The van der Waals surface area contributed by atoms with E-state index in [4.69, 9.17) is 4.74 Å². The van der Waals surface area contributed by atoms with E-state index in [1.165, 1.54) is 30.5 Å². The summed E-state index contributed by atoms with van der Waals surface area (Å²) in [4.78, 5) is 16.2. The number of sulfone groups is 1. The molecule has 0 bridgehead atoms. The number of rotatable bonds is 4. The van der Waals surface area contributed by atoms with Crippen molar-refractivity contribution < 1.29 is 22.3 Å². The van der Waals surface area contributed by atoms with E-state index in [0.29, 0.717) is 24.3 Å². The van der Waals surface area contributed by atoms with Gasteiger partial charge in [0.05, 0.1) is 17.7 Å². The lowest BCUT2D eigenvalue weighted by atomic mass is 10.2. The van der Waals surface area contributed by atoms with Gasteiger partial charge in [-0.3, -0.25) is 4.79 Å². The second-order valence-corrected chi connectivity index (χ2v) is 8.09. The summed E-state index contributed by atoms with van der Waals surface area (Å²) in [7, 11) is -3.09. The lowest BCUT2D eigenvalue weighted by Crippen LogP contribution is -2.43. The van der Waals surface area contributed by atoms with Gasteiger partial charge in [-0.2, -0.15) is 0 Å². The number of carbonyl (C=O) groups excluding carboxylic acids is 1. The molecule has 1 atom stereocenters. The van der Waals surface area contributed by atoms with Gasteiger partial charge in [0, 0.05) is 12.1 Å². The summed E-state index contributed by atoms with van der Waals surface area (Å²) in [6.07, 6.45) is 2.53. The third kappa shape index (κ3) is 4.76. The molecule has 1 aliphatic heterocycles. The minimum atomic E-state index is -3.09. The molecule has 0 saturated carbocycles. The molecule has 1 aromatic heterocycles. The number of benzene rings is 1. The van der Waals surface area contributed by atoms with Crippen LogP contribution in [0.15, 0.2) is 42.6 Å². The minimum Gasteiger partial charge on any atom is -0.456 e. The number of hydrogen-bond donors (Lipinski definition) is 1. The first-order valence-corrected chi connectivity index (χ1v) is 9.64. The van der Waals surface area contributed by atoms with Crippen LogP contribution in [0, 0.1) is 5.82 Å². The molecule has 2 aromatic rings. The number of carbonyl (C=O) groups is 1. The predicted octanol–water partition coefficient (Wildman–Crippen LogP) is 2.32. The van der Waals surface area contributed by atoms with E-state index in [2.05, 4.69) is 10.3 Å². The van der Waals surface area contributed by atoms with Crippen LogP contribution in [0.4, 0.5) is 4.39 Å². The molecule has 1 amide bonds. The van der Waals surface area contributed by atoms with Crippen molar-refractivity contribution in [2.24, 2.45) is 0 Å². The SMILES string of the molecule is O=C(NC1CCCS(=O)(=O)C1)c1ccc(Oc2cccc(F)c2)cn1. The normalized spacial score (nSPS) is 19.2. The fraction of sp³-hybridized carbons (Fsp3) is 0.294. The fourth-order valence-corrected chi connectivity index (χ4v) is 4.27. The van der Waals surface area contributed by atoms with Crippen LogP contribution in [0.3, 0.4) is 0 Å². The van der Waals surface area contributed by atoms with Crippen molar-refractivity contribution >= 4 is 15.7 Å². The number of amides is 1. The molecule has 1 fully saturated rings. The molecule has 132 valence electrons. The Morgan fingerprint density at radius 1 is 1.24 bits per heavy atom. The van der Waals surface area contributed by atoms with Gasteiger partial charge >= 0.3 is 0 Å². The maximum Gasteiger partial charge on any atom is 0.270 e. The van der Waals surface area contributed by atoms with E-state index in [-0.39, 0.29) is 17.2 Å². The monoisotopic (exact) mass is 364 g/mol. The molecule has 8 heteroatoms. The zero-order chi connectivity index (χ0) is 17.9. The average Bonchev–Trinajstić information content (AvgIpc) is 2.54. The molecule has 1 aromatic carbocycles. The molecule has 1 N–H and O–H groups in total. The molecule has 0 radical (unpaired) electrons. The molecule has 0 spiro atoms. The van der Waals surface area contributed by atoms with Gasteiger partial charge < -0.3 is 10.1 Å². The van der Waals surface area contributed by atoms with E-state index < -0.39 is 27.6 Å². The van der Waals surface area contributed by atoms with E-state index in [9.17, 15) is 17.6 Å². The summed E-state index contributed by atoms with van der Waals surface area (Å²) in [5.41, 5.74) is 0.162. The highest BCUT2D eigenvalue weighted by molar-refractivity contribution is 7.91. The van der Waals surface area contributed by atoms with Gasteiger partial charge in [-0.05, 0) is 37.1 Å². The van der Waals surface area contributed by atoms with Crippen LogP contribution in [0.1, 0.15) is 23.3 Å². The lowest BCUT2D eigenvalue weighted by molar-refractivity contribution is 0.0933. The number of halogens is 1. The number of pyridine rings is 1. The summed E-state index contributed by atoms with van der Waals surface area (Å²) >= 11 is 0. The Labute approximate surface area is 145 Å². The molecule has 3 rings (SSSR count). The third-order valence-electron chi connectivity index (χ3n) is 3.80. The topological polar surface area (TPSA) is 85.4 Å². The molecule has 2 heterocycles. The first-order chi connectivity index (χ1) is 11.9. The van der Waals surface area contributed by atoms with Crippen molar-refractivity contribution in [1.82, 2.24) is 10.3 Å². The maximum atomic E-state index is 13.1. The second kappa shape index (κ2) is 7.18. The number of hydrogen-bond acceptors (Lipinski definition) is 5. The summed E-state index contributed by atoms with van der Waals surface area (Å²) in [6.45, 7) is 0. The van der Waals surface area contributed by atoms with Crippen molar-refractivity contribution in [3.8, 4) is 11.5 Å². The highest BCUT2D eigenvalue weighted by Gasteiger charge is 2.26. The van der Waals surface area contributed by atoms with Gasteiger partial charge in [-0.1, -0.05) is 6.07 Å². The highest BCUT2D eigenvalue weighted by atomic mass is 32.2. The molecule has 1 saturated heterocycles. The number of nitrogens with one attached hydrogen (secondary N) is 1. The number of ether oxygens (including phenoxy) is 1. The largest absolute Gasteiger partial charge is 0.456 e. The fourth-order valence-electron chi connectivity index (χ4n) is 2.64. The maximum absolute atomic E-state index is 13.1. The first kappa shape index (κ1) is 17.3. The first-order valence-electron chi connectivity index (χ1n) is 7.82. The molecule has 1 unspecified atom stereocenters. The molecule has 0 aliphatic carbocycles. The second-order valence-electron chi connectivity index (χ2n) is 5.87. The van der Waals surface area contributed by atoms with Crippen molar-refractivity contribution in [2.45, 2.75) is 18.9 Å². The summed E-state index contributed by atoms with van der Waals surface area (Å²) in [6, 6.07) is 8.31. The summed E-state index contributed by atoms with van der Waals surface area (Å²) in [5.74, 6) is -0.0272. The summed E-state index contributed by atoms with van der Waals surface area (Å²) < 4.78 is 41.8. The van der Waals surface area contributed by atoms with Gasteiger partial charge in [0.2, 0.25) is 0 Å². The van der Waals surface area contributed by atoms with Crippen molar-refractivity contribution in [2.75, 3.05) is 11.5 Å². The Morgan fingerprint density at radius 2 is 2.08 bits per heavy atom. The van der Waals surface area contributed by atoms with E-state index in [1.54, 1.807) is 12.1 Å². The van der Waals surface area contributed by atoms with Crippen LogP contribution in [0.2, 0.25) is 0 Å². The van der Waals surface area contributed by atoms with Crippen molar-refractivity contribution in [3.63, 3.8) is 0 Å². The van der Waals surface area contributed by atoms with Gasteiger partial charge in [-0.15, -0.1) is 0 Å². The lowest BCUT2D eigenvalue weighted by Gasteiger charge is -2.22. The predicted molar refractivity (Wildman–Crippen MR) is 89.9 cm³/mol. The Hall–Kier alpha value is -2.48. The molecular formula is C17H17FN2O4S. The van der Waals surface area contributed by atoms with Gasteiger partial charge in [0.1, 0.15) is 23.0 Å². The molecular weight excluding hydrogens is 347 g/mol.